The van der Waals surface area contributed by atoms with Crippen molar-refractivity contribution >= 4 is 6.16 Å². The molecule has 0 saturated carbocycles. The van der Waals surface area contributed by atoms with Gasteiger partial charge in [0.05, 0.1) is 0 Å². The minimum Gasteiger partial charge on any atom is -0.450 e. The summed E-state index contributed by atoms with van der Waals surface area (Å²) in [6.45, 7) is 2.23. The van der Waals surface area contributed by atoms with E-state index in [-0.39, 0.29) is 0 Å². The second-order valence-electron chi connectivity index (χ2n) is 4.45. The molecule has 2 N–H and O–H groups in total. The molecule has 3 nitrogen and oxygen atoms in total. The number of carbonyl (C=O) groups is 1. The van der Waals surface area contributed by atoms with E-state index < -0.39 is 6.16 Å². The van der Waals surface area contributed by atoms with Crippen molar-refractivity contribution in [3.63, 3.8) is 0 Å². The fourth-order valence-corrected chi connectivity index (χ4v) is 1.88. The molecule has 0 heterocycles. The van der Waals surface area contributed by atoms with E-state index >= 15 is 0 Å². The van der Waals surface area contributed by atoms with Crippen LogP contribution < -0.4 is 0 Å². The van der Waals surface area contributed by atoms with Gasteiger partial charge < -0.3 is 10.2 Å². The zero-order chi connectivity index (χ0) is 14.8. The standard InChI is InChI=1S/C16H18.CH2O3/c1-2-3-7-14-10-12-16(13-11-14)15-8-5-4-6-9-15;2-1(3)4/h4-6,8-13H,2-3,7H2,1H3;(H2,2,3,4). The molecule has 2 aromatic carbocycles. The molecule has 106 valence electrons. The summed E-state index contributed by atoms with van der Waals surface area (Å²) in [5.74, 6) is 0. The average Bonchev–Trinajstić information content (AvgIpc) is 2.46. The van der Waals surface area contributed by atoms with Crippen molar-refractivity contribution in [3.05, 3.63) is 60.2 Å². The molecule has 3 heteroatoms. The van der Waals surface area contributed by atoms with Gasteiger partial charge in [-0.1, -0.05) is 67.9 Å². The molecule has 0 aliphatic rings. The molecule has 0 saturated heterocycles. The van der Waals surface area contributed by atoms with Crippen LogP contribution in [-0.2, 0) is 6.42 Å². The number of unbranched alkanes of at least 4 members (excludes halogenated alkanes) is 1. The van der Waals surface area contributed by atoms with Gasteiger partial charge >= 0.3 is 6.16 Å². The van der Waals surface area contributed by atoms with Crippen molar-refractivity contribution in [1.82, 2.24) is 0 Å². The maximum atomic E-state index is 8.56. The molecule has 0 aliphatic heterocycles. The van der Waals surface area contributed by atoms with Crippen molar-refractivity contribution in [3.8, 4) is 11.1 Å². The number of rotatable bonds is 4. The van der Waals surface area contributed by atoms with Crippen LogP contribution in [-0.4, -0.2) is 16.4 Å². The number of benzene rings is 2. The Kier molecular flexibility index (Phi) is 6.90. The highest BCUT2D eigenvalue weighted by Gasteiger charge is 1.96. The molecule has 0 unspecified atom stereocenters. The second kappa shape index (κ2) is 8.75. The molecule has 0 radical (unpaired) electrons. The normalized spacial score (nSPS) is 9.45. The fourth-order valence-electron chi connectivity index (χ4n) is 1.88. The Morgan fingerprint density at radius 2 is 1.40 bits per heavy atom. The van der Waals surface area contributed by atoms with Gasteiger partial charge in [-0.15, -0.1) is 0 Å². The molecule has 0 aliphatic carbocycles. The predicted octanol–water partition coefficient (Wildman–Crippen LogP) is 4.92. The van der Waals surface area contributed by atoms with E-state index in [4.69, 9.17) is 15.0 Å². The van der Waals surface area contributed by atoms with Gasteiger partial charge in [0.25, 0.3) is 0 Å². The first-order valence-corrected chi connectivity index (χ1v) is 6.69. The molecule has 0 fully saturated rings. The summed E-state index contributed by atoms with van der Waals surface area (Å²) in [5, 5.41) is 13.9. The highest BCUT2D eigenvalue weighted by molar-refractivity contribution is 5.63. The van der Waals surface area contributed by atoms with Crippen LogP contribution in [0, 0.1) is 0 Å². The number of hydrogen-bond acceptors (Lipinski definition) is 1. The fraction of sp³-hybridized carbons (Fsp3) is 0.235. The lowest BCUT2D eigenvalue weighted by Gasteiger charge is -2.03. The third kappa shape index (κ3) is 6.05. The van der Waals surface area contributed by atoms with Crippen molar-refractivity contribution in [2.24, 2.45) is 0 Å². The third-order valence-corrected chi connectivity index (χ3v) is 2.88. The van der Waals surface area contributed by atoms with Gasteiger partial charge in [-0.25, -0.2) is 4.79 Å². The summed E-state index contributed by atoms with van der Waals surface area (Å²) in [6.07, 6.45) is 1.91. The van der Waals surface area contributed by atoms with Gasteiger partial charge in [0.1, 0.15) is 0 Å². The van der Waals surface area contributed by atoms with E-state index in [1.807, 2.05) is 0 Å². The largest absolute Gasteiger partial charge is 0.503 e. The van der Waals surface area contributed by atoms with Crippen molar-refractivity contribution in [1.29, 1.82) is 0 Å². The molecule has 2 rings (SSSR count). The smallest absolute Gasteiger partial charge is 0.450 e. The molecular formula is C17H20O3. The van der Waals surface area contributed by atoms with Gasteiger partial charge in [-0.05, 0) is 29.5 Å². The average molecular weight is 272 g/mol. The zero-order valence-corrected chi connectivity index (χ0v) is 11.6. The highest BCUT2D eigenvalue weighted by Crippen LogP contribution is 2.19. The Labute approximate surface area is 119 Å². The first-order valence-electron chi connectivity index (χ1n) is 6.69. The Hall–Kier alpha value is -2.29. The van der Waals surface area contributed by atoms with E-state index in [9.17, 15) is 0 Å². The van der Waals surface area contributed by atoms with E-state index in [0.717, 1.165) is 0 Å². The summed E-state index contributed by atoms with van der Waals surface area (Å²) >= 11 is 0. The maximum absolute atomic E-state index is 8.56. The summed E-state index contributed by atoms with van der Waals surface area (Å²) in [7, 11) is 0. The summed E-state index contributed by atoms with van der Waals surface area (Å²) in [6, 6.07) is 19.5. The first-order chi connectivity index (χ1) is 9.63. The van der Waals surface area contributed by atoms with E-state index in [0.29, 0.717) is 0 Å². The van der Waals surface area contributed by atoms with Crippen molar-refractivity contribution in [2.75, 3.05) is 0 Å². The van der Waals surface area contributed by atoms with Gasteiger partial charge in [-0.2, -0.15) is 0 Å². The number of hydrogen-bond donors (Lipinski definition) is 2. The predicted molar refractivity (Wildman–Crippen MR) is 81.1 cm³/mol. The second-order valence-corrected chi connectivity index (χ2v) is 4.45. The quantitative estimate of drug-likeness (QED) is 0.830. The Balaban J connectivity index is 0.000000444. The minimum atomic E-state index is -1.83. The Morgan fingerprint density at radius 3 is 1.90 bits per heavy atom. The lowest BCUT2D eigenvalue weighted by molar-refractivity contribution is 0.137. The molecule has 0 amide bonds. The Bertz CT molecular complexity index is 500. The molecular weight excluding hydrogens is 252 g/mol. The summed E-state index contributed by atoms with van der Waals surface area (Å²) in [5.41, 5.74) is 4.05. The SMILES string of the molecule is CCCCc1ccc(-c2ccccc2)cc1.O=C(O)O. The van der Waals surface area contributed by atoms with Crippen LogP contribution in [0.15, 0.2) is 54.6 Å². The Morgan fingerprint density at radius 1 is 0.900 bits per heavy atom. The molecule has 20 heavy (non-hydrogen) atoms. The number of carboxylic acid groups (broad SMARTS) is 2. The van der Waals surface area contributed by atoms with Crippen LogP contribution in [0.2, 0.25) is 0 Å². The zero-order valence-electron chi connectivity index (χ0n) is 11.6. The van der Waals surface area contributed by atoms with E-state index in [1.54, 1.807) is 0 Å². The van der Waals surface area contributed by atoms with Crippen LogP contribution in [0.1, 0.15) is 25.3 Å². The topological polar surface area (TPSA) is 57.5 Å². The number of aryl methyl sites for hydroxylation is 1. The van der Waals surface area contributed by atoms with Gasteiger partial charge in [0.2, 0.25) is 0 Å². The third-order valence-electron chi connectivity index (χ3n) is 2.88. The van der Waals surface area contributed by atoms with Gasteiger partial charge in [0.15, 0.2) is 0 Å². The summed E-state index contributed by atoms with van der Waals surface area (Å²) < 4.78 is 0. The highest BCUT2D eigenvalue weighted by atomic mass is 16.6. The van der Waals surface area contributed by atoms with Crippen molar-refractivity contribution in [2.45, 2.75) is 26.2 Å². The molecule has 0 spiro atoms. The van der Waals surface area contributed by atoms with E-state index in [1.165, 1.54) is 36.0 Å². The van der Waals surface area contributed by atoms with Crippen LogP contribution in [0.25, 0.3) is 11.1 Å². The minimum absolute atomic E-state index is 1.20. The van der Waals surface area contributed by atoms with Crippen LogP contribution in [0.3, 0.4) is 0 Å². The molecule has 2 aromatic rings. The molecule has 0 bridgehead atoms. The van der Waals surface area contributed by atoms with Gasteiger partial charge in [0, 0.05) is 0 Å². The van der Waals surface area contributed by atoms with Crippen LogP contribution in [0.5, 0.6) is 0 Å². The lowest BCUT2D eigenvalue weighted by atomic mass is 10.0. The van der Waals surface area contributed by atoms with E-state index in [2.05, 4.69) is 61.5 Å². The van der Waals surface area contributed by atoms with Crippen molar-refractivity contribution < 1.29 is 15.0 Å². The molecule has 0 atom stereocenters. The summed E-state index contributed by atoms with van der Waals surface area (Å²) in [4.78, 5) is 8.56. The van der Waals surface area contributed by atoms with Gasteiger partial charge in [-0.3, -0.25) is 0 Å². The maximum Gasteiger partial charge on any atom is 0.503 e. The monoisotopic (exact) mass is 272 g/mol. The molecule has 0 aromatic heterocycles. The van der Waals surface area contributed by atoms with Crippen LogP contribution in [0.4, 0.5) is 4.79 Å². The first kappa shape index (κ1) is 15.8. The lowest BCUT2D eigenvalue weighted by Crippen LogP contribution is -1.84. The van der Waals surface area contributed by atoms with Crippen LogP contribution >= 0.6 is 0 Å².